The van der Waals surface area contributed by atoms with Crippen LogP contribution in [0.2, 0.25) is 0 Å². The maximum Gasteiger partial charge on any atom is 0.142 e. The number of pyridine rings is 1. The zero-order valence-corrected chi connectivity index (χ0v) is 8.68. The summed E-state index contributed by atoms with van der Waals surface area (Å²) in [5.41, 5.74) is 0.464. The quantitative estimate of drug-likeness (QED) is 0.687. The summed E-state index contributed by atoms with van der Waals surface area (Å²) in [7, 11) is 0. The van der Waals surface area contributed by atoms with Crippen LogP contribution in [0, 0.1) is 11.3 Å². The average molecular weight is 203 g/mol. The van der Waals surface area contributed by atoms with Crippen LogP contribution in [0.5, 0.6) is 0 Å². The Morgan fingerprint density at radius 3 is 3.20 bits per heavy atom. The molecule has 0 aliphatic carbocycles. The lowest BCUT2D eigenvalue weighted by Gasteiger charge is -2.34. The van der Waals surface area contributed by atoms with Crippen molar-refractivity contribution in [3.8, 4) is 6.07 Å². The van der Waals surface area contributed by atoms with Crippen LogP contribution in [0.4, 0.5) is 5.82 Å². The second kappa shape index (κ2) is 4.28. The molecule has 4 heteroatoms. The maximum atomic E-state index is 8.77. The predicted molar refractivity (Wildman–Crippen MR) is 56.6 cm³/mol. The van der Waals surface area contributed by atoms with Gasteiger partial charge in [-0.15, -0.1) is 0 Å². The van der Waals surface area contributed by atoms with Gasteiger partial charge in [-0.05, 0) is 19.1 Å². The first-order valence-corrected chi connectivity index (χ1v) is 5.03. The Morgan fingerprint density at radius 1 is 1.60 bits per heavy atom. The van der Waals surface area contributed by atoms with Gasteiger partial charge in [0.25, 0.3) is 0 Å². The van der Waals surface area contributed by atoms with E-state index >= 15 is 0 Å². The maximum absolute atomic E-state index is 8.77. The van der Waals surface area contributed by atoms with Crippen LogP contribution in [-0.2, 0) is 4.74 Å². The highest BCUT2D eigenvalue weighted by Gasteiger charge is 2.19. The highest BCUT2D eigenvalue weighted by Crippen LogP contribution is 2.16. The largest absolute Gasteiger partial charge is 0.377 e. The fourth-order valence-electron chi connectivity index (χ4n) is 1.71. The van der Waals surface area contributed by atoms with Gasteiger partial charge in [0.05, 0.1) is 19.3 Å². The minimum atomic E-state index is 0.320. The lowest BCUT2D eigenvalue weighted by atomic mass is 10.2. The first kappa shape index (κ1) is 9.94. The van der Waals surface area contributed by atoms with Gasteiger partial charge < -0.3 is 9.64 Å². The van der Waals surface area contributed by atoms with Crippen LogP contribution >= 0.6 is 0 Å². The monoisotopic (exact) mass is 203 g/mol. The second-order valence-corrected chi connectivity index (χ2v) is 3.61. The number of ether oxygens (including phenoxy) is 1. The molecule has 15 heavy (non-hydrogen) atoms. The summed E-state index contributed by atoms with van der Waals surface area (Å²) in [4.78, 5) is 6.45. The zero-order valence-electron chi connectivity index (χ0n) is 8.68. The number of rotatable bonds is 1. The minimum absolute atomic E-state index is 0.320. The number of hydrogen-bond donors (Lipinski definition) is 0. The van der Waals surface area contributed by atoms with Crippen molar-refractivity contribution >= 4 is 5.82 Å². The standard InChI is InChI=1S/C11H13N3O/c1-9-8-15-6-5-14(9)11-4-2-3-10(7-12)13-11/h2-4,9H,5-6,8H2,1H3. The van der Waals surface area contributed by atoms with Crippen molar-refractivity contribution in [3.63, 3.8) is 0 Å². The van der Waals surface area contributed by atoms with Crippen molar-refractivity contribution in [1.29, 1.82) is 5.26 Å². The summed E-state index contributed by atoms with van der Waals surface area (Å²) < 4.78 is 5.36. The average Bonchev–Trinajstić information content (AvgIpc) is 2.30. The van der Waals surface area contributed by atoms with E-state index < -0.39 is 0 Å². The Labute approximate surface area is 89.1 Å². The molecule has 1 aliphatic rings. The molecule has 78 valence electrons. The molecule has 1 atom stereocenters. The highest BCUT2D eigenvalue weighted by atomic mass is 16.5. The first-order valence-electron chi connectivity index (χ1n) is 5.03. The van der Waals surface area contributed by atoms with E-state index in [2.05, 4.69) is 22.9 Å². The second-order valence-electron chi connectivity index (χ2n) is 3.61. The van der Waals surface area contributed by atoms with Gasteiger partial charge >= 0.3 is 0 Å². The van der Waals surface area contributed by atoms with Gasteiger partial charge in [-0.1, -0.05) is 6.07 Å². The van der Waals surface area contributed by atoms with Gasteiger partial charge in [-0.3, -0.25) is 0 Å². The van der Waals surface area contributed by atoms with E-state index in [-0.39, 0.29) is 0 Å². The molecule has 0 spiro atoms. The molecule has 2 heterocycles. The van der Waals surface area contributed by atoms with Crippen molar-refractivity contribution in [3.05, 3.63) is 23.9 Å². The molecular weight excluding hydrogens is 190 g/mol. The molecule has 2 rings (SSSR count). The van der Waals surface area contributed by atoms with E-state index in [1.165, 1.54) is 0 Å². The summed E-state index contributed by atoms with van der Waals surface area (Å²) in [5.74, 6) is 0.866. The zero-order chi connectivity index (χ0) is 10.7. The van der Waals surface area contributed by atoms with Crippen LogP contribution < -0.4 is 4.90 Å². The van der Waals surface area contributed by atoms with E-state index in [0.717, 1.165) is 25.6 Å². The molecule has 0 radical (unpaired) electrons. The van der Waals surface area contributed by atoms with Crippen LogP contribution in [0.25, 0.3) is 0 Å². The summed E-state index contributed by atoms with van der Waals surface area (Å²) >= 11 is 0. The van der Waals surface area contributed by atoms with Crippen molar-refractivity contribution in [2.45, 2.75) is 13.0 Å². The number of nitriles is 1. The number of anilines is 1. The Hall–Kier alpha value is -1.60. The Balaban J connectivity index is 2.24. The molecule has 0 bridgehead atoms. The van der Waals surface area contributed by atoms with Crippen molar-refractivity contribution in [1.82, 2.24) is 4.98 Å². The molecule has 1 aromatic heterocycles. The molecule has 0 N–H and O–H groups in total. The van der Waals surface area contributed by atoms with E-state index in [4.69, 9.17) is 10.00 Å². The topological polar surface area (TPSA) is 49.1 Å². The van der Waals surface area contributed by atoms with Crippen molar-refractivity contribution in [2.75, 3.05) is 24.7 Å². The third-order valence-corrected chi connectivity index (χ3v) is 2.51. The summed E-state index contributed by atoms with van der Waals surface area (Å²) in [6.45, 7) is 4.38. The lowest BCUT2D eigenvalue weighted by molar-refractivity contribution is 0.0985. The van der Waals surface area contributed by atoms with Crippen molar-refractivity contribution < 1.29 is 4.74 Å². The normalized spacial score (nSPS) is 21.1. The number of aromatic nitrogens is 1. The number of hydrogen-bond acceptors (Lipinski definition) is 4. The van der Waals surface area contributed by atoms with Gasteiger partial charge in [0, 0.05) is 6.54 Å². The van der Waals surface area contributed by atoms with Crippen molar-refractivity contribution in [2.24, 2.45) is 0 Å². The fourth-order valence-corrected chi connectivity index (χ4v) is 1.71. The predicted octanol–water partition coefficient (Wildman–Crippen LogP) is 1.18. The fraction of sp³-hybridized carbons (Fsp3) is 0.455. The molecule has 0 amide bonds. The molecule has 0 saturated carbocycles. The van der Waals surface area contributed by atoms with Crippen LogP contribution in [0.3, 0.4) is 0 Å². The van der Waals surface area contributed by atoms with E-state index in [1.54, 1.807) is 6.07 Å². The van der Waals surface area contributed by atoms with Crippen LogP contribution in [-0.4, -0.2) is 30.8 Å². The van der Waals surface area contributed by atoms with Gasteiger partial charge in [0.15, 0.2) is 0 Å². The SMILES string of the molecule is CC1COCCN1c1cccc(C#N)n1. The van der Waals surface area contributed by atoms with E-state index in [1.807, 2.05) is 12.1 Å². The summed E-state index contributed by atoms with van der Waals surface area (Å²) in [5, 5.41) is 8.77. The number of morpholine rings is 1. The molecular formula is C11H13N3O. The Kier molecular flexibility index (Phi) is 2.84. The third kappa shape index (κ3) is 2.08. The van der Waals surface area contributed by atoms with E-state index in [0.29, 0.717) is 11.7 Å². The van der Waals surface area contributed by atoms with Gasteiger partial charge in [0.2, 0.25) is 0 Å². The lowest BCUT2D eigenvalue weighted by Crippen LogP contribution is -2.44. The molecule has 1 unspecified atom stereocenters. The molecule has 1 aromatic rings. The molecule has 1 fully saturated rings. The van der Waals surface area contributed by atoms with Gasteiger partial charge in [-0.25, -0.2) is 4.98 Å². The van der Waals surface area contributed by atoms with Gasteiger partial charge in [0.1, 0.15) is 17.6 Å². The van der Waals surface area contributed by atoms with Gasteiger partial charge in [-0.2, -0.15) is 5.26 Å². The molecule has 4 nitrogen and oxygen atoms in total. The number of nitrogens with zero attached hydrogens (tertiary/aromatic N) is 3. The summed E-state index contributed by atoms with van der Waals surface area (Å²) in [6, 6.07) is 7.89. The minimum Gasteiger partial charge on any atom is -0.377 e. The first-order chi connectivity index (χ1) is 7.31. The third-order valence-electron chi connectivity index (χ3n) is 2.51. The summed E-state index contributed by atoms with van der Waals surface area (Å²) in [6.07, 6.45) is 0. The smallest absolute Gasteiger partial charge is 0.142 e. The Bertz CT molecular complexity index is 386. The Morgan fingerprint density at radius 2 is 2.47 bits per heavy atom. The van der Waals surface area contributed by atoms with Crippen LogP contribution in [0.1, 0.15) is 12.6 Å². The molecule has 1 saturated heterocycles. The molecule has 0 aromatic carbocycles. The highest BCUT2D eigenvalue weighted by molar-refractivity contribution is 5.42. The van der Waals surface area contributed by atoms with E-state index in [9.17, 15) is 0 Å². The van der Waals surface area contributed by atoms with Crippen LogP contribution in [0.15, 0.2) is 18.2 Å². The molecule has 1 aliphatic heterocycles.